The van der Waals surface area contributed by atoms with E-state index in [1.807, 2.05) is 60.6 Å². The quantitative estimate of drug-likeness (QED) is 0.511. The zero-order chi connectivity index (χ0) is 22.2. The second kappa shape index (κ2) is 10.8. The molecule has 0 bridgehead atoms. The highest BCUT2D eigenvalue weighted by Gasteiger charge is 2.14. The van der Waals surface area contributed by atoms with Crippen LogP contribution in [0, 0.1) is 6.92 Å². The molecule has 1 amide bonds. The molecule has 8 heteroatoms. The summed E-state index contributed by atoms with van der Waals surface area (Å²) >= 11 is 1.37. The van der Waals surface area contributed by atoms with Crippen molar-refractivity contribution in [3.05, 3.63) is 53.4 Å². The first-order valence-corrected chi connectivity index (χ1v) is 10.7. The number of hydrogen-bond acceptors (Lipinski definition) is 7. The lowest BCUT2D eigenvalue weighted by molar-refractivity contribution is -0.117. The molecule has 0 radical (unpaired) electrons. The van der Waals surface area contributed by atoms with Crippen LogP contribution < -0.4 is 19.5 Å². The maximum absolute atomic E-state index is 12.4. The highest BCUT2D eigenvalue weighted by atomic mass is 32.1. The molecule has 2 aromatic carbocycles. The fraction of sp³-hybridized carbons (Fsp3) is 0.304. The number of methoxy groups -OCH3 is 2. The number of ether oxygens (including phenoxy) is 3. The Kier molecular flexibility index (Phi) is 7.86. The number of rotatable bonds is 10. The molecule has 0 aliphatic rings. The molecule has 0 spiro atoms. The lowest BCUT2D eigenvalue weighted by atomic mass is 10.1. The molecule has 1 aromatic heterocycles. The van der Waals surface area contributed by atoms with E-state index in [2.05, 4.69) is 10.3 Å². The molecule has 0 aliphatic carbocycles. The average Bonchev–Trinajstić information content (AvgIpc) is 3.22. The van der Waals surface area contributed by atoms with Gasteiger partial charge in [0.05, 0.1) is 26.5 Å². The molecule has 0 fully saturated rings. The molecule has 0 aliphatic heterocycles. The second-order valence-corrected chi connectivity index (χ2v) is 7.86. The molecule has 1 heterocycles. The molecule has 31 heavy (non-hydrogen) atoms. The minimum atomic E-state index is -0.124. The Morgan fingerprint density at radius 1 is 1.13 bits per heavy atom. The molecular weight excluding hydrogens is 414 g/mol. The van der Waals surface area contributed by atoms with Gasteiger partial charge in [-0.15, -0.1) is 11.3 Å². The summed E-state index contributed by atoms with van der Waals surface area (Å²) in [5.74, 6) is 2.11. The molecule has 1 N–H and O–H groups in total. The number of thiazole rings is 1. The largest absolute Gasteiger partial charge is 0.497 e. The molecule has 0 atom stereocenters. The van der Waals surface area contributed by atoms with Gasteiger partial charge in [-0.05, 0) is 37.7 Å². The van der Waals surface area contributed by atoms with E-state index in [0.29, 0.717) is 29.8 Å². The van der Waals surface area contributed by atoms with Crippen LogP contribution in [0.5, 0.6) is 17.2 Å². The number of hydrogen-bond donors (Lipinski definition) is 1. The Morgan fingerprint density at radius 3 is 2.68 bits per heavy atom. The van der Waals surface area contributed by atoms with E-state index in [1.165, 1.54) is 11.3 Å². The number of para-hydroxylation sites is 1. The van der Waals surface area contributed by atoms with E-state index < -0.39 is 0 Å². The van der Waals surface area contributed by atoms with Gasteiger partial charge in [-0.3, -0.25) is 9.69 Å². The minimum absolute atomic E-state index is 0.124. The molecule has 3 aromatic rings. The second-order valence-electron chi connectivity index (χ2n) is 7.00. The smallest absolute Gasteiger partial charge is 0.240 e. The number of aryl methyl sites for hydroxylation is 1. The predicted octanol–water partition coefficient (Wildman–Crippen LogP) is 4.09. The monoisotopic (exact) mass is 441 g/mol. The van der Waals surface area contributed by atoms with Crippen LogP contribution in [0.2, 0.25) is 0 Å². The SMILES string of the molecule is COc1ccc(-c2csc(NC(=O)CN(C)CCOc3ccccc3C)n2)c(OC)c1. The van der Waals surface area contributed by atoms with Gasteiger partial charge in [0.25, 0.3) is 0 Å². The van der Waals surface area contributed by atoms with Gasteiger partial charge in [-0.2, -0.15) is 0 Å². The van der Waals surface area contributed by atoms with Crippen molar-refractivity contribution in [2.75, 3.05) is 46.3 Å². The molecular formula is C23H27N3O4S. The first-order valence-electron chi connectivity index (χ1n) is 9.85. The number of carbonyl (C=O) groups excluding carboxylic acids is 1. The number of anilines is 1. The third-order valence-corrected chi connectivity index (χ3v) is 5.43. The topological polar surface area (TPSA) is 72.9 Å². The standard InChI is InChI=1S/C23H27N3O4S/c1-16-7-5-6-8-20(16)30-12-11-26(2)14-22(27)25-23-24-19(15-31-23)18-10-9-17(28-3)13-21(18)29-4/h5-10,13,15H,11-12,14H2,1-4H3,(H,24,25,27). The molecule has 3 rings (SSSR count). The molecule has 0 saturated carbocycles. The summed E-state index contributed by atoms with van der Waals surface area (Å²) in [6, 6.07) is 13.4. The first-order chi connectivity index (χ1) is 15.0. The van der Waals surface area contributed by atoms with Crippen molar-refractivity contribution in [3.8, 4) is 28.5 Å². The lowest BCUT2D eigenvalue weighted by Gasteiger charge is -2.16. The van der Waals surface area contributed by atoms with Crippen LogP contribution in [-0.2, 0) is 4.79 Å². The van der Waals surface area contributed by atoms with Crippen molar-refractivity contribution in [2.24, 2.45) is 0 Å². The van der Waals surface area contributed by atoms with Gasteiger partial charge in [-0.1, -0.05) is 18.2 Å². The van der Waals surface area contributed by atoms with Crippen molar-refractivity contribution < 1.29 is 19.0 Å². The molecule has 0 saturated heterocycles. The molecule has 0 unspecified atom stereocenters. The van der Waals surface area contributed by atoms with Crippen LogP contribution >= 0.6 is 11.3 Å². The summed E-state index contributed by atoms with van der Waals surface area (Å²) in [6.45, 7) is 3.40. The third-order valence-electron chi connectivity index (χ3n) is 4.67. The van der Waals surface area contributed by atoms with Gasteiger partial charge in [-0.25, -0.2) is 4.98 Å². The van der Waals surface area contributed by atoms with Gasteiger partial charge in [0.2, 0.25) is 5.91 Å². The zero-order valence-electron chi connectivity index (χ0n) is 18.2. The Labute approximate surface area is 186 Å². The van der Waals surface area contributed by atoms with E-state index in [1.54, 1.807) is 20.3 Å². The van der Waals surface area contributed by atoms with E-state index in [4.69, 9.17) is 14.2 Å². The van der Waals surface area contributed by atoms with Crippen LogP contribution in [0.1, 0.15) is 5.56 Å². The minimum Gasteiger partial charge on any atom is -0.497 e. The van der Waals surface area contributed by atoms with Crippen molar-refractivity contribution in [2.45, 2.75) is 6.92 Å². The van der Waals surface area contributed by atoms with Gasteiger partial charge >= 0.3 is 0 Å². The van der Waals surface area contributed by atoms with Crippen molar-refractivity contribution in [1.82, 2.24) is 9.88 Å². The number of amides is 1. The van der Waals surface area contributed by atoms with E-state index in [9.17, 15) is 4.79 Å². The Bertz CT molecular complexity index is 1020. The fourth-order valence-electron chi connectivity index (χ4n) is 2.98. The normalized spacial score (nSPS) is 10.7. The summed E-state index contributed by atoms with van der Waals surface area (Å²) in [6.07, 6.45) is 0. The molecule has 164 valence electrons. The summed E-state index contributed by atoms with van der Waals surface area (Å²) in [4.78, 5) is 18.8. The Hall–Kier alpha value is -3.10. The highest BCUT2D eigenvalue weighted by Crippen LogP contribution is 2.34. The average molecular weight is 442 g/mol. The van der Waals surface area contributed by atoms with Crippen molar-refractivity contribution in [1.29, 1.82) is 0 Å². The number of likely N-dealkylation sites (N-methyl/N-ethyl adjacent to an activating group) is 1. The van der Waals surface area contributed by atoms with Crippen LogP contribution in [0.4, 0.5) is 5.13 Å². The summed E-state index contributed by atoms with van der Waals surface area (Å²) in [7, 11) is 5.10. The number of nitrogens with zero attached hydrogens (tertiary/aromatic N) is 2. The number of carbonyl (C=O) groups is 1. The number of benzene rings is 2. The van der Waals surface area contributed by atoms with Crippen molar-refractivity contribution >= 4 is 22.4 Å². The third kappa shape index (κ3) is 6.19. The number of nitrogens with one attached hydrogen (secondary N) is 1. The highest BCUT2D eigenvalue weighted by molar-refractivity contribution is 7.14. The van der Waals surface area contributed by atoms with E-state index in [0.717, 1.165) is 22.6 Å². The van der Waals surface area contributed by atoms with Crippen molar-refractivity contribution in [3.63, 3.8) is 0 Å². The first kappa shape index (κ1) is 22.6. The van der Waals surface area contributed by atoms with Gasteiger partial charge in [0.15, 0.2) is 5.13 Å². The maximum atomic E-state index is 12.4. The van der Waals surface area contributed by atoms with Crippen LogP contribution in [0.25, 0.3) is 11.3 Å². The predicted molar refractivity (Wildman–Crippen MR) is 123 cm³/mol. The van der Waals surface area contributed by atoms with E-state index in [-0.39, 0.29) is 12.5 Å². The fourth-order valence-corrected chi connectivity index (χ4v) is 3.70. The Balaban J connectivity index is 1.51. The van der Waals surface area contributed by atoms with Gasteiger partial charge in [0.1, 0.15) is 23.9 Å². The zero-order valence-corrected chi connectivity index (χ0v) is 19.0. The number of aromatic nitrogens is 1. The summed E-state index contributed by atoms with van der Waals surface area (Å²) in [5, 5.41) is 5.29. The molecule has 7 nitrogen and oxygen atoms in total. The lowest BCUT2D eigenvalue weighted by Crippen LogP contribution is -2.33. The van der Waals surface area contributed by atoms with Crippen LogP contribution in [0.15, 0.2) is 47.8 Å². The summed E-state index contributed by atoms with van der Waals surface area (Å²) < 4.78 is 16.5. The van der Waals surface area contributed by atoms with Gasteiger partial charge < -0.3 is 19.5 Å². The van der Waals surface area contributed by atoms with E-state index >= 15 is 0 Å². The maximum Gasteiger partial charge on any atom is 0.240 e. The van der Waals surface area contributed by atoms with Crippen LogP contribution in [-0.4, -0.2) is 56.8 Å². The van der Waals surface area contributed by atoms with Gasteiger partial charge in [0, 0.05) is 23.6 Å². The van der Waals surface area contributed by atoms with Crippen LogP contribution in [0.3, 0.4) is 0 Å². The Morgan fingerprint density at radius 2 is 1.94 bits per heavy atom. The summed E-state index contributed by atoms with van der Waals surface area (Å²) in [5.41, 5.74) is 2.67.